The first kappa shape index (κ1) is 15.5. The van der Waals surface area contributed by atoms with Gasteiger partial charge in [0.25, 0.3) is 0 Å². The number of aryl methyl sites for hydroxylation is 1. The fourth-order valence-electron chi connectivity index (χ4n) is 1.94. The minimum Gasteiger partial charge on any atom is -0.450 e. The van der Waals surface area contributed by atoms with Crippen LogP contribution < -0.4 is 4.74 Å². The molecule has 2 rings (SSSR count). The Bertz CT molecular complexity index is 685. The first-order valence-corrected chi connectivity index (χ1v) is 7.09. The average Bonchev–Trinajstić information content (AvgIpc) is 2.40. The van der Waals surface area contributed by atoms with E-state index in [1.165, 1.54) is 6.07 Å². The highest BCUT2D eigenvalue weighted by Crippen LogP contribution is 2.36. The number of nitro benzene ring substituents is 1. The summed E-state index contributed by atoms with van der Waals surface area (Å²) in [7, 11) is 0. The van der Waals surface area contributed by atoms with E-state index in [2.05, 4.69) is 15.9 Å². The zero-order chi connectivity index (χ0) is 15.6. The summed E-state index contributed by atoms with van der Waals surface area (Å²) in [6.07, 6.45) is -0.610. The molecule has 0 spiro atoms. The highest BCUT2D eigenvalue weighted by Gasteiger charge is 2.18. The Hall–Kier alpha value is -1.92. The molecule has 1 N–H and O–H groups in total. The maximum atomic E-state index is 11.1. The predicted octanol–water partition coefficient (Wildman–Crippen LogP) is 4.51. The van der Waals surface area contributed by atoms with Crippen LogP contribution in [0.25, 0.3) is 0 Å². The number of rotatable bonds is 4. The first-order chi connectivity index (χ1) is 9.90. The Kier molecular flexibility index (Phi) is 4.59. The van der Waals surface area contributed by atoms with Gasteiger partial charge in [-0.15, -0.1) is 0 Å². The van der Waals surface area contributed by atoms with Crippen molar-refractivity contribution >= 4 is 21.6 Å². The van der Waals surface area contributed by atoms with Gasteiger partial charge in [0, 0.05) is 10.5 Å². The lowest BCUT2D eigenvalue weighted by Crippen LogP contribution is -1.97. The third kappa shape index (κ3) is 3.40. The van der Waals surface area contributed by atoms with Gasteiger partial charge >= 0.3 is 5.69 Å². The third-order valence-electron chi connectivity index (χ3n) is 3.03. The van der Waals surface area contributed by atoms with Crippen LogP contribution in [0.2, 0.25) is 0 Å². The van der Waals surface area contributed by atoms with Crippen LogP contribution >= 0.6 is 15.9 Å². The van der Waals surface area contributed by atoms with Gasteiger partial charge in [0.2, 0.25) is 5.75 Å². The largest absolute Gasteiger partial charge is 0.450 e. The van der Waals surface area contributed by atoms with Crippen LogP contribution in [0.3, 0.4) is 0 Å². The summed E-state index contributed by atoms with van der Waals surface area (Å²) in [5, 5.41) is 20.6. The second-order valence-corrected chi connectivity index (χ2v) is 5.50. The molecule has 0 fully saturated rings. The number of hydrogen-bond acceptors (Lipinski definition) is 4. The normalized spacial score (nSPS) is 12.0. The van der Waals surface area contributed by atoms with Crippen LogP contribution in [-0.2, 0) is 0 Å². The number of nitrogens with zero attached hydrogens (tertiary/aromatic N) is 1. The molecule has 0 aliphatic carbocycles. The number of aliphatic hydroxyl groups is 1. The Morgan fingerprint density at radius 3 is 2.62 bits per heavy atom. The number of para-hydroxylation sites is 1. The molecule has 5 nitrogen and oxygen atoms in total. The zero-order valence-corrected chi connectivity index (χ0v) is 13.1. The molecule has 1 unspecified atom stereocenters. The molecule has 0 heterocycles. The molecule has 0 bridgehead atoms. The van der Waals surface area contributed by atoms with Crippen LogP contribution in [0.15, 0.2) is 40.9 Å². The molecular formula is C15H14BrNO4. The van der Waals surface area contributed by atoms with E-state index in [0.29, 0.717) is 15.8 Å². The van der Waals surface area contributed by atoms with Crippen LogP contribution in [-0.4, -0.2) is 10.0 Å². The molecule has 0 aromatic heterocycles. The SMILES string of the molecule is Cc1cccc([N+](=O)[O-])c1Oc1ccc(C(C)O)c(Br)c1. The van der Waals surface area contributed by atoms with Crippen LogP contribution in [0, 0.1) is 17.0 Å². The van der Waals surface area contributed by atoms with Gasteiger partial charge in [-0.1, -0.05) is 34.1 Å². The van der Waals surface area contributed by atoms with Crippen molar-refractivity contribution in [3.63, 3.8) is 0 Å². The van der Waals surface area contributed by atoms with Gasteiger partial charge in [0.1, 0.15) is 5.75 Å². The number of ether oxygens (including phenoxy) is 1. The lowest BCUT2D eigenvalue weighted by molar-refractivity contribution is -0.385. The van der Waals surface area contributed by atoms with Gasteiger partial charge in [-0.05, 0) is 37.1 Å². The molecule has 2 aromatic rings. The van der Waals surface area contributed by atoms with E-state index in [0.717, 1.165) is 5.56 Å². The monoisotopic (exact) mass is 351 g/mol. The maximum Gasteiger partial charge on any atom is 0.311 e. The average molecular weight is 352 g/mol. The maximum absolute atomic E-state index is 11.1. The topological polar surface area (TPSA) is 72.6 Å². The van der Waals surface area contributed by atoms with Gasteiger partial charge in [-0.2, -0.15) is 0 Å². The highest BCUT2D eigenvalue weighted by molar-refractivity contribution is 9.10. The summed E-state index contributed by atoms with van der Waals surface area (Å²) >= 11 is 3.35. The number of nitro groups is 1. The Morgan fingerprint density at radius 1 is 1.33 bits per heavy atom. The van der Waals surface area contributed by atoms with Gasteiger partial charge < -0.3 is 9.84 Å². The molecule has 0 amide bonds. The second-order valence-electron chi connectivity index (χ2n) is 4.64. The summed E-state index contributed by atoms with van der Waals surface area (Å²) in [6, 6.07) is 9.84. The molecule has 21 heavy (non-hydrogen) atoms. The molecule has 1 atom stereocenters. The molecule has 6 heteroatoms. The van der Waals surface area contributed by atoms with Crippen molar-refractivity contribution in [2.75, 3.05) is 0 Å². The van der Waals surface area contributed by atoms with Crippen molar-refractivity contribution in [1.29, 1.82) is 0 Å². The summed E-state index contributed by atoms with van der Waals surface area (Å²) in [6.45, 7) is 3.41. The van der Waals surface area contributed by atoms with Crippen molar-refractivity contribution in [1.82, 2.24) is 0 Å². The Balaban J connectivity index is 2.39. The van der Waals surface area contributed by atoms with E-state index >= 15 is 0 Å². The van der Waals surface area contributed by atoms with Crippen molar-refractivity contribution in [3.8, 4) is 11.5 Å². The first-order valence-electron chi connectivity index (χ1n) is 6.29. The standard InChI is InChI=1S/C15H14BrNO4/c1-9-4-3-5-14(17(19)20)15(9)21-11-6-7-12(10(2)18)13(16)8-11/h3-8,10,18H,1-2H3. The molecule has 0 saturated carbocycles. The van der Waals surface area contributed by atoms with Crippen molar-refractivity contribution in [2.24, 2.45) is 0 Å². The number of aliphatic hydroxyl groups excluding tert-OH is 1. The van der Waals surface area contributed by atoms with E-state index in [1.807, 2.05) is 0 Å². The van der Waals surface area contributed by atoms with Gasteiger partial charge in [0.15, 0.2) is 0 Å². The molecule has 0 aliphatic rings. The summed E-state index contributed by atoms with van der Waals surface area (Å²) < 4.78 is 6.35. The fraction of sp³-hybridized carbons (Fsp3) is 0.200. The molecular weight excluding hydrogens is 338 g/mol. The smallest absolute Gasteiger partial charge is 0.311 e. The van der Waals surface area contributed by atoms with Crippen LogP contribution in [0.4, 0.5) is 5.69 Å². The van der Waals surface area contributed by atoms with Crippen LogP contribution in [0.5, 0.6) is 11.5 Å². The van der Waals surface area contributed by atoms with Crippen molar-refractivity contribution < 1.29 is 14.8 Å². The molecule has 0 aliphatic heterocycles. The highest BCUT2D eigenvalue weighted by atomic mass is 79.9. The fourth-order valence-corrected chi connectivity index (χ4v) is 2.63. The predicted molar refractivity (Wildman–Crippen MR) is 82.7 cm³/mol. The van der Waals surface area contributed by atoms with Gasteiger partial charge in [-0.25, -0.2) is 0 Å². The second kappa shape index (κ2) is 6.24. The summed E-state index contributed by atoms with van der Waals surface area (Å²) in [4.78, 5) is 10.6. The molecule has 110 valence electrons. The minimum atomic E-state index is -0.610. The number of benzene rings is 2. The quantitative estimate of drug-likeness (QED) is 0.649. The molecule has 2 aromatic carbocycles. The zero-order valence-electron chi connectivity index (χ0n) is 11.5. The van der Waals surface area contributed by atoms with Crippen molar-refractivity contribution in [3.05, 3.63) is 62.1 Å². The number of hydrogen-bond donors (Lipinski definition) is 1. The summed E-state index contributed by atoms with van der Waals surface area (Å²) in [5.41, 5.74) is 1.33. The molecule has 0 radical (unpaired) electrons. The van der Waals surface area contributed by atoms with E-state index in [-0.39, 0.29) is 11.4 Å². The summed E-state index contributed by atoms with van der Waals surface area (Å²) in [5.74, 6) is 0.683. The lowest BCUT2D eigenvalue weighted by Gasteiger charge is -2.12. The van der Waals surface area contributed by atoms with E-state index in [9.17, 15) is 15.2 Å². The third-order valence-corrected chi connectivity index (χ3v) is 3.72. The molecule has 0 saturated heterocycles. The lowest BCUT2D eigenvalue weighted by atomic mass is 10.1. The Labute approximate surface area is 130 Å². The van der Waals surface area contributed by atoms with E-state index < -0.39 is 11.0 Å². The number of halogens is 1. The van der Waals surface area contributed by atoms with E-state index in [4.69, 9.17) is 4.74 Å². The Morgan fingerprint density at radius 2 is 2.05 bits per heavy atom. The van der Waals surface area contributed by atoms with Gasteiger partial charge in [-0.3, -0.25) is 10.1 Å². The minimum absolute atomic E-state index is 0.0780. The van der Waals surface area contributed by atoms with Gasteiger partial charge in [0.05, 0.1) is 11.0 Å². The van der Waals surface area contributed by atoms with E-state index in [1.54, 1.807) is 44.2 Å². The van der Waals surface area contributed by atoms with Crippen LogP contribution in [0.1, 0.15) is 24.2 Å². The van der Waals surface area contributed by atoms with Crippen molar-refractivity contribution in [2.45, 2.75) is 20.0 Å².